The largest absolute Gasteiger partial charge is 0.310 e. The quantitative estimate of drug-likeness (QED) is 0.765. The minimum atomic E-state index is 0.237. The molecule has 1 heterocycles. The molecule has 1 atom stereocenters. The van der Waals surface area contributed by atoms with Crippen molar-refractivity contribution in [3.63, 3.8) is 0 Å². The summed E-state index contributed by atoms with van der Waals surface area (Å²) in [4.78, 5) is 2.69. The van der Waals surface area contributed by atoms with Crippen LogP contribution in [0.15, 0.2) is 0 Å². The monoisotopic (exact) mass is 249 g/mol. The molecule has 0 aromatic rings. The highest BCUT2D eigenvalue weighted by Gasteiger charge is 2.37. The lowest BCUT2D eigenvalue weighted by Crippen LogP contribution is -2.64. The SMILES string of the molecule is CC1(C)CNC(CC#N)CN1C1CCCCCC1. The van der Waals surface area contributed by atoms with Crippen LogP contribution < -0.4 is 5.32 Å². The molecule has 1 saturated carbocycles. The van der Waals surface area contributed by atoms with E-state index < -0.39 is 0 Å². The molecule has 0 amide bonds. The van der Waals surface area contributed by atoms with Crippen molar-refractivity contribution in [2.24, 2.45) is 0 Å². The van der Waals surface area contributed by atoms with Crippen LogP contribution in [-0.2, 0) is 0 Å². The second-order valence-corrected chi connectivity index (χ2v) is 6.55. The van der Waals surface area contributed by atoms with E-state index in [0.717, 1.165) is 19.1 Å². The molecule has 102 valence electrons. The van der Waals surface area contributed by atoms with Gasteiger partial charge in [0.15, 0.2) is 0 Å². The van der Waals surface area contributed by atoms with Crippen molar-refractivity contribution >= 4 is 0 Å². The Balaban J connectivity index is 2.03. The minimum absolute atomic E-state index is 0.237. The Morgan fingerprint density at radius 1 is 1.22 bits per heavy atom. The van der Waals surface area contributed by atoms with Crippen molar-refractivity contribution in [3.8, 4) is 6.07 Å². The highest BCUT2D eigenvalue weighted by atomic mass is 15.3. The summed E-state index contributed by atoms with van der Waals surface area (Å²) in [5, 5.41) is 12.4. The first-order valence-electron chi connectivity index (χ1n) is 7.50. The first-order valence-corrected chi connectivity index (χ1v) is 7.50. The number of rotatable bonds is 2. The Morgan fingerprint density at radius 3 is 2.50 bits per heavy atom. The topological polar surface area (TPSA) is 39.1 Å². The number of piperazine rings is 1. The maximum atomic E-state index is 8.88. The molecule has 2 rings (SSSR count). The van der Waals surface area contributed by atoms with E-state index in [0.29, 0.717) is 12.5 Å². The summed E-state index contributed by atoms with van der Waals surface area (Å²) in [7, 11) is 0. The average Bonchev–Trinajstić information content (AvgIpc) is 2.60. The van der Waals surface area contributed by atoms with Crippen molar-refractivity contribution in [3.05, 3.63) is 0 Å². The van der Waals surface area contributed by atoms with Crippen LogP contribution in [0.4, 0.5) is 0 Å². The Bertz CT molecular complexity index is 297. The maximum Gasteiger partial charge on any atom is 0.0638 e. The summed E-state index contributed by atoms with van der Waals surface area (Å²) >= 11 is 0. The van der Waals surface area contributed by atoms with Crippen LogP contribution >= 0.6 is 0 Å². The molecule has 2 aliphatic rings. The van der Waals surface area contributed by atoms with E-state index >= 15 is 0 Å². The summed E-state index contributed by atoms with van der Waals surface area (Å²) in [6.45, 7) is 6.74. The van der Waals surface area contributed by atoms with Gasteiger partial charge in [0, 0.05) is 30.7 Å². The molecule has 1 aliphatic heterocycles. The lowest BCUT2D eigenvalue weighted by atomic mass is 9.92. The number of hydrogen-bond donors (Lipinski definition) is 1. The summed E-state index contributed by atoms with van der Waals surface area (Å²) < 4.78 is 0. The summed E-state index contributed by atoms with van der Waals surface area (Å²) in [6, 6.07) is 3.42. The molecular weight excluding hydrogens is 222 g/mol. The second kappa shape index (κ2) is 6.04. The molecule has 0 aromatic heterocycles. The standard InChI is InChI=1S/C15H27N3/c1-15(2)12-17-13(9-10-16)11-18(15)14-7-5-3-4-6-8-14/h13-14,17H,3-9,11-12H2,1-2H3. The zero-order valence-corrected chi connectivity index (χ0v) is 11.9. The van der Waals surface area contributed by atoms with Gasteiger partial charge in [-0.25, -0.2) is 0 Å². The Kier molecular flexibility index (Phi) is 4.64. The van der Waals surface area contributed by atoms with Gasteiger partial charge >= 0.3 is 0 Å². The molecule has 1 unspecified atom stereocenters. The molecule has 1 saturated heterocycles. The fourth-order valence-electron chi connectivity index (χ4n) is 3.50. The van der Waals surface area contributed by atoms with Crippen molar-refractivity contribution in [1.29, 1.82) is 5.26 Å². The third-order valence-electron chi connectivity index (χ3n) is 4.62. The van der Waals surface area contributed by atoms with Crippen molar-refractivity contribution < 1.29 is 0 Å². The smallest absolute Gasteiger partial charge is 0.0638 e. The number of nitrogens with zero attached hydrogens (tertiary/aromatic N) is 2. The van der Waals surface area contributed by atoms with Crippen LogP contribution in [0.2, 0.25) is 0 Å². The predicted molar refractivity (Wildman–Crippen MR) is 74.3 cm³/mol. The van der Waals surface area contributed by atoms with Crippen LogP contribution in [0, 0.1) is 11.3 Å². The van der Waals surface area contributed by atoms with E-state index in [1.807, 2.05) is 0 Å². The predicted octanol–water partition coefficient (Wildman–Crippen LogP) is 2.68. The van der Waals surface area contributed by atoms with Crippen molar-refractivity contribution in [1.82, 2.24) is 10.2 Å². The lowest BCUT2D eigenvalue weighted by molar-refractivity contribution is 0.0196. The minimum Gasteiger partial charge on any atom is -0.310 e. The van der Waals surface area contributed by atoms with Gasteiger partial charge in [0.1, 0.15) is 0 Å². The van der Waals surface area contributed by atoms with Gasteiger partial charge in [-0.2, -0.15) is 5.26 Å². The van der Waals surface area contributed by atoms with Crippen LogP contribution in [-0.4, -0.2) is 35.6 Å². The van der Waals surface area contributed by atoms with Crippen molar-refractivity contribution in [2.45, 2.75) is 76.4 Å². The molecule has 1 aliphatic carbocycles. The highest BCUT2D eigenvalue weighted by Crippen LogP contribution is 2.29. The van der Waals surface area contributed by atoms with Gasteiger partial charge in [-0.15, -0.1) is 0 Å². The van der Waals surface area contributed by atoms with Gasteiger partial charge in [-0.05, 0) is 26.7 Å². The first-order chi connectivity index (χ1) is 8.63. The van der Waals surface area contributed by atoms with Crippen molar-refractivity contribution in [2.75, 3.05) is 13.1 Å². The third kappa shape index (κ3) is 3.24. The second-order valence-electron chi connectivity index (χ2n) is 6.55. The Hall–Kier alpha value is -0.590. The van der Waals surface area contributed by atoms with Crippen LogP contribution in [0.1, 0.15) is 58.8 Å². The van der Waals surface area contributed by atoms with Gasteiger partial charge in [-0.1, -0.05) is 25.7 Å². The normalized spacial score (nSPS) is 30.6. The molecular formula is C15H27N3. The van der Waals surface area contributed by atoms with Crippen LogP contribution in [0.3, 0.4) is 0 Å². The molecule has 0 spiro atoms. The number of hydrogen-bond acceptors (Lipinski definition) is 3. The van der Waals surface area contributed by atoms with E-state index in [2.05, 4.69) is 30.1 Å². The zero-order chi connectivity index (χ0) is 13.0. The lowest BCUT2D eigenvalue weighted by Gasteiger charge is -2.49. The van der Waals surface area contributed by atoms with Gasteiger partial charge in [-0.3, -0.25) is 4.90 Å². The van der Waals surface area contributed by atoms with Gasteiger partial charge in [0.05, 0.1) is 12.5 Å². The van der Waals surface area contributed by atoms with E-state index in [9.17, 15) is 0 Å². The molecule has 1 N–H and O–H groups in total. The summed E-state index contributed by atoms with van der Waals surface area (Å²) in [5.74, 6) is 0. The number of nitriles is 1. The fourth-order valence-corrected chi connectivity index (χ4v) is 3.50. The molecule has 0 aromatic carbocycles. The van der Waals surface area contributed by atoms with Crippen LogP contribution in [0.25, 0.3) is 0 Å². The highest BCUT2D eigenvalue weighted by molar-refractivity contribution is 4.98. The van der Waals surface area contributed by atoms with Crippen LogP contribution in [0.5, 0.6) is 0 Å². The molecule has 0 radical (unpaired) electrons. The Labute approximate surface area is 112 Å². The fraction of sp³-hybridized carbons (Fsp3) is 0.933. The summed E-state index contributed by atoms with van der Waals surface area (Å²) in [6.07, 6.45) is 8.92. The van der Waals surface area contributed by atoms with E-state index in [1.165, 1.54) is 38.5 Å². The van der Waals surface area contributed by atoms with E-state index in [1.54, 1.807) is 0 Å². The van der Waals surface area contributed by atoms with E-state index in [-0.39, 0.29) is 5.54 Å². The maximum absolute atomic E-state index is 8.88. The average molecular weight is 249 g/mol. The first kappa shape index (κ1) is 13.8. The molecule has 18 heavy (non-hydrogen) atoms. The molecule has 2 fully saturated rings. The van der Waals surface area contributed by atoms with Gasteiger partial charge < -0.3 is 5.32 Å². The Morgan fingerprint density at radius 2 is 1.89 bits per heavy atom. The molecule has 3 heteroatoms. The van der Waals surface area contributed by atoms with Gasteiger partial charge in [0.25, 0.3) is 0 Å². The van der Waals surface area contributed by atoms with E-state index in [4.69, 9.17) is 5.26 Å². The summed E-state index contributed by atoms with van der Waals surface area (Å²) in [5.41, 5.74) is 0.237. The third-order valence-corrected chi connectivity index (χ3v) is 4.62. The molecule has 3 nitrogen and oxygen atoms in total. The molecule has 0 bridgehead atoms. The zero-order valence-electron chi connectivity index (χ0n) is 11.9. The number of nitrogens with one attached hydrogen (secondary N) is 1. The van der Waals surface area contributed by atoms with Gasteiger partial charge in [0.2, 0.25) is 0 Å².